The quantitative estimate of drug-likeness (QED) is 0.379. The summed E-state index contributed by atoms with van der Waals surface area (Å²) in [7, 11) is -1.86. The monoisotopic (exact) mass is 468 g/mol. The van der Waals surface area contributed by atoms with Crippen molar-refractivity contribution in [2.75, 3.05) is 20.1 Å². The Labute approximate surface area is 163 Å². The van der Waals surface area contributed by atoms with Gasteiger partial charge in [0, 0.05) is 26.2 Å². The second-order valence-corrected chi connectivity index (χ2v) is 7.60. The van der Waals surface area contributed by atoms with E-state index in [0.29, 0.717) is 12.5 Å². The maximum Gasteiger partial charge on any atom is 0.243 e. The Morgan fingerprint density at radius 2 is 1.67 bits per heavy atom. The van der Waals surface area contributed by atoms with E-state index >= 15 is 0 Å². The smallest absolute Gasteiger partial charge is 0.243 e. The van der Waals surface area contributed by atoms with Crippen LogP contribution in [-0.2, 0) is 16.6 Å². The first-order valence-corrected chi connectivity index (χ1v) is 9.29. The van der Waals surface area contributed by atoms with Crippen molar-refractivity contribution in [2.45, 2.75) is 45.2 Å². The minimum absolute atomic E-state index is 0. The number of nitrogens with zero attached hydrogens (tertiary/aromatic N) is 3. The molecule has 0 spiro atoms. The van der Waals surface area contributed by atoms with Gasteiger partial charge in [-0.2, -0.15) is 4.31 Å². The number of benzene rings is 1. The van der Waals surface area contributed by atoms with Crippen molar-refractivity contribution in [3.05, 3.63) is 29.8 Å². The van der Waals surface area contributed by atoms with E-state index in [4.69, 9.17) is 5.73 Å². The summed E-state index contributed by atoms with van der Waals surface area (Å²) in [5.41, 5.74) is 6.85. The molecule has 0 saturated carbocycles. The van der Waals surface area contributed by atoms with Crippen molar-refractivity contribution in [2.24, 2.45) is 10.7 Å². The van der Waals surface area contributed by atoms with E-state index in [-0.39, 0.29) is 34.9 Å². The standard InChI is InChI=1S/C16H28N4O2S.HI/c1-6-20(7-2)16(17)18-12-14-8-10-15(11-9-14)23(21,22)19(5)13(3)4;/h8-11,13H,6-7,12H2,1-5H3,(H2,17,18);1H. The largest absolute Gasteiger partial charge is 0.370 e. The molecular weight excluding hydrogens is 439 g/mol. The van der Waals surface area contributed by atoms with Crippen LogP contribution in [0, 0.1) is 0 Å². The normalized spacial score (nSPS) is 12.4. The zero-order valence-corrected chi connectivity index (χ0v) is 18.2. The molecule has 1 aromatic rings. The molecule has 1 aromatic carbocycles. The highest BCUT2D eigenvalue weighted by Crippen LogP contribution is 2.17. The van der Waals surface area contributed by atoms with Crippen molar-refractivity contribution in [3.63, 3.8) is 0 Å². The van der Waals surface area contributed by atoms with Gasteiger partial charge in [-0.25, -0.2) is 13.4 Å². The van der Waals surface area contributed by atoms with Crippen LogP contribution in [0.5, 0.6) is 0 Å². The highest BCUT2D eigenvalue weighted by Gasteiger charge is 2.22. The Balaban J connectivity index is 0.00000529. The highest BCUT2D eigenvalue weighted by atomic mass is 127. The molecule has 2 N–H and O–H groups in total. The van der Waals surface area contributed by atoms with E-state index in [9.17, 15) is 8.42 Å². The van der Waals surface area contributed by atoms with Gasteiger partial charge in [0.05, 0.1) is 11.4 Å². The number of hydrogen-bond acceptors (Lipinski definition) is 3. The molecule has 138 valence electrons. The van der Waals surface area contributed by atoms with Gasteiger partial charge in [0.1, 0.15) is 0 Å². The molecule has 0 atom stereocenters. The van der Waals surface area contributed by atoms with Crippen LogP contribution in [-0.4, -0.2) is 49.8 Å². The van der Waals surface area contributed by atoms with Crippen molar-refractivity contribution >= 4 is 40.0 Å². The number of halogens is 1. The molecule has 1 rings (SSSR count). The minimum atomic E-state index is -3.44. The predicted octanol–water partition coefficient (Wildman–Crippen LogP) is 2.49. The molecule has 8 heteroatoms. The summed E-state index contributed by atoms with van der Waals surface area (Å²) < 4.78 is 26.1. The molecule has 6 nitrogen and oxygen atoms in total. The van der Waals surface area contributed by atoms with Gasteiger partial charge < -0.3 is 10.6 Å². The molecule has 0 aliphatic heterocycles. The van der Waals surface area contributed by atoms with Gasteiger partial charge in [0.15, 0.2) is 5.96 Å². The third kappa shape index (κ3) is 5.89. The topological polar surface area (TPSA) is 79.0 Å². The fourth-order valence-corrected chi connectivity index (χ4v) is 3.40. The van der Waals surface area contributed by atoms with Gasteiger partial charge in [-0.1, -0.05) is 12.1 Å². The summed E-state index contributed by atoms with van der Waals surface area (Å²) in [6.45, 7) is 9.79. The maximum atomic E-state index is 12.4. The third-order valence-corrected chi connectivity index (χ3v) is 5.89. The zero-order valence-electron chi connectivity index (χ0n) is 15.1. The van der Waals surface area contributed by atoms with Crippen molar-refractivity contribution < 1.29 is 8.42 Å². The van der Waals surface area contributed by atoms with Gasteiger partial charge in [0.25, 0.3) is 0 Å². The molecule has 0 fully saturated rings. The zero-order chi connectivity index (χ0) is 17.6. The van der Waals surface area contributed by atoms with Crippen molar-refractivity contribution in [1.82, 2.24) is 9.21 Å². The fraction of sp³-hybridized carbons (Fsp3) is 0.562. The van der Waals surface area contributed by atoms with Crippen LogP contribution in [0.4, 0.5) is 0 Å². The Kier molecular flexibility index (Phi) is 9.83. The Morgan fingerprint density at radius 1 is 1.17 bits per heavy atom. The summed E-state index contributed by atoms with van der Waals surface area (Å²) in [5.74, 6) is 0.506. The van der Waals surface area contributed by atoms with Crippen LogP contribution < -0.4 is 5.73 Å². The molecule has 0 radical (unpaired) electrons. The van der Waals surface area contributed by atoms with E-state index in [1.54, 1.807) is 31.3 Å². The van der Waals surface area contributed by atoms with E-state index in [1.807, 2.05) is 32.6 Å². The molecule has 0 aliphatic carbocycles. The molecule has 0 bridgehead atoms. The van der Waals surface area contributed by atoms with Crippen molar-refractivity contribution in [1.29, 1.82) is 0 Å². The molecule has 0 unspecified atom stereocenters. The van der Waals surface area contributed by atoms with E-state index in [2.05, 4.69) is 4.99 Å². The first-order chi connectivity index (χ1) is 10.7. The second-order valence-electron chi connectivity index (χ2n) is 5.61. The lowest BCUT2D eigenvalue weighted by Gasteiger charge is -2.21. The van der Waals surface area contributed by atoms with Crippen LogP contribution in [0.15, 0.2) is 34.2 Å². The number of rotatable bonds is 7. The van der Waals surface area contributed by atoms with Crippen LogP contribution in [0.1, 0.15) is 33.3 Å². The Bertz CT molecular complexity index is 626. The summed E-state index contributed by atoms with van der Waals surface area (Å²) in [6, 6.07) is 6.71. The SMILES string of the molecule is CCN(CC)C(N)=NCc1ccc(S(=O)(=O)N(C)C(C)C)cc1.I. The van der Waals surface area contributed by atoms with Gasteiger partial charge >= 0.3 is 0 Å². The predicted molar refractivity (Wildman–Crippen MR) is 110 cm³/mol. The minimum Gasteiger partial charge on any atom is -0.370 e. The summed E-state index contributed by atoms with van der Waals surface area (Å²) >= 11 is 0. The van der Waals surface area contributed by atoms with Crippen LogP contribution >= 0.6 is 24.0 Å². The van der Waals surface area contributed by atoms with Gasteiger partial charge in [-0.05, 0) is 45.4 Å². The van der Waals surface area contributed by atoms with Gasteiger partial charge in [-0.15, -0.1) is 24.0 Å². The molecule has 24 heavy (non-hydrogen) atoms. The molecular formula is C16H29IN4O2S. The maximum absolute atomic E-state index is 12.4. The lowest BCUT2D eigenvalue weighted by atomic mass is 10.2. The lowest BCUT2D eigenvalue weighted by Crippen LogP contribution is -2.37. The molecule has 0 heterocycles. The van der Waals surface area contributed by atoms with E-state index in [1.165, 1.54) is 4.31 Å². The van der Waals surface area contributed by atoms with E-state index in [0.717, 1.165) is 18.7 Å². The molecule has 0 saturated heterocycles. The highest BCUT2D eigenvalue weighted by molar-refractivity contribution is 14.0. The fourth-order valence-electron chi connectivity index (χ4n) is 2.03. The Hall–Kier alpha value is -0.870. The number of hydrogen-bond donors (Lipinski definition) is 1. The average Bonchev–Trinajstić information content (AvgIpc) is 2.53. The van der Waals surface area contributed by atoms with Gasteiger partial charge in [0.2, 0.25) is 10.0 Å². The van der Waals surface area contributed by atoms with E-state index < -0.39 is 10.0 Å². The van der Waals surface area contributed by atoms with Crippen LogP contribution in [0.2, 0.25) is 0 Å². The number of nitrogens with two attached hydrogens (primary N) is 1. The third-order valence-electron chi connectivity index (χ3n) is 3.84. The van der Waals surface area contributed by atoms with Gasteiger partial charge in [-0.3, -0.25) is 0 Å². The van der Waals surface area contributed by atoms with Crippen molar-refractivity contribution in [3.8, 4) is 0 Å². The molecule has 0 aromatic heterocycles. The number of guanidine groups is 1. The van der Waals surface area contributed by atoms with Crippen LogP contribution in [0.3, 0.4) is 0 Å². The number of sulfonamides is 1. The lowest BCUT2D eigenvalue weighted by molar-refractivity contribution is 0.410. The molecule has 0 aliphatic rings. The average molecular weight is 468 g/mol. The van der Waals surface area contributed by atoms with Crippen LogP contribution in [0.25, 0.3) is 0 Å². The first-order valence-electron chi connectivity index (χ1n) is 7.85. The summed E-state index contributed by atoms with van der Waals surface area (Å²) in [6.07, 6.45) is 0. The summed E-state index contributed by atoms with van der Waals surface area (Å²) in [5, 5.41) is 0. The Morgan fingerprint density at radius 3 is 2.08 bits per heavy atom. The number of aliphatic imine (C=N–C) groups is 1. The second kappa shape index (κ2) is 10.2. The summed E-state index contributed by atoms with van der Waals surface area (Å²) in [4.78, 5) is 6.61. The molecule has 0 amide bonds. The first kappa shape index (κ1) is 23.1.